The highest BCUT2D eigenvalue weighted by molar-refractivity contribution is 5.56. The number of nitrogens with zero attached hydrogens (tertiary/aromatic N) is 4. The molecule has 0 amide bonds. The normalized spacial score (nSPS) is 21.0. The Kier molecular flexibility index (Phi) is 5.62. The summed E-state index contributed by atoms with van der Waals surface area (Å²) in [6.45, 7) is 8.00. The first-order valence-electron chi connectivity index (χ1n) is 12.1. The van der Waals surface area contributed by atoms with Gasteiger partial charge in [-0.05, 0) is 49.4 Å². The minimum absolute atomic E-state index is 0.365. The molecule has 2 aromatic heterocycles. The van der Waals surface area contributed by atoms with Crippen LogP contribution in [-0.2, 0) is 12.0 Å². The van der Waals surface area contributed by atoms with Crippen LogP contribution in [0.15, 0.2) is 47.2 Å². The van der Waals surface area contributed by atoms with Crippen LogP contribution in [0.3, 0.4) is 0 Å². The smallest absolute Gasteiger partial charge is 0.229 e. The molecule has 3 aromatic rings. The topological polar surface area (TPSA) is 95.5 Å². The van der Waals surface area contributed by atoms with E-state index in [1.54, 1.807) is 12.4 Å². The van der Waals surface area contributed by atoms with Crippen molar-refractivity contribution < 1.29 is 14.7 Å². The summed E-state index contributed by atoms with van der Waals surface area (Å²) in [4.78, 5) is 11.2. The third-order valence-electron chi connectivity index (χ3n) is 7.75. The summed E-state index contributed by atoms with van der Waals surface area (Å²) < 4.78 is 5.43. The summed E-state index contributed by atoms with van der Waals surface area (Å²) >= 11 is 0. The van der Waals surface area contributed by atoms with Crippen LogP contribution in [0.2, 0.25) is 0 Å². The van der Waals surface area contributed by atoms with E-state index in [1.165, 1.54) is 5.56 Å². The molecule has 1 aromatic carbocycles. The number of aliphatic hydroxyl groups is 2. The first kappa shape index (κ1) is 23.1. The molecule has 7 heteroatoms. The predicted molar refractivity (Wildman–Crippen MR) is 129 cm³/mol. The first-order chi connectivity index (χ1) is 16.1. The summed E-state index contributed by atoms with van der Waals surface area (Å²) in [5.74, 6) is 1.26. The van der Waals surface area contributed by atoms with Gasteiger partial charge in [-0.15, -0.1) is 0 Å². The molecule has 1 atom stereocenters. The standard InChI is InChI=1S/C27H34N4O3/c1-18(2)19-6-8-21(9-7-19)27(33,25(3)16-31(4)17-25)22-12-20(14-28-15-22)24-29-23(34-30-24)13-26(32)10-5-11-26/h6-9,12,14-15,18,32-33H,5,10-11,13,16-17H2,1-4H3/t27-/m0/s1. The molecule has 180 valence electrons. The van der Waals surface area contributed by atoms with Gasteiger partial charge in [0.2, 0.25) is 11.7 Å². The van der Waals surface area contributed by atoms with Crippen molar-refractivity contribution in [3.05, 3.63) is 65.3 Å². The summed E-state index contributed by atoms with van der Waals surface area (Å²) in [7, 11) is 2.07. The highest BCUT2D eigenvalue weighted by Crippen LogP contribution is 2.50. The fourth-order valence-electron chi connectivity index (χ4n) is 5.59. The van der Waals surface area contributed by atoms with Gasteiger partial charge in [-0.1, -0.05) is 50.2 Å². The largest absolute Gasteiger partial charge is 0.389 e. The van der Waals surface area contributed by atoms with E-state index in [0.29, 0.717) is 35.2 Å². The zero-order valence-electron chi connectivity index (χ0n) is 20.5. The number of rotatable bonds is 7. The van der Waals surface area contributed by atoms with Crippen LogP contribution in [0.1, 0.15) is 68.5 Å². The molecule has 1 saturated carbocycles. The van der Waals surface area contributed by atoms with Gasteiger partial charge in [0.05, 0.1) is 12.0 Å². The lowest BCUT2D eigenvalue weighted by atomic mass is 9.62. The van der Waals surface area contributed by atoms with Crippen LogP contribution in [0.5, 0.6) is 0 Å². The second kappa shape index (κ2) is 8.26. The fraction of sp³-hybridized carbons (Fsp3) is 0.519. The number of likely N-dealkylation sites (tertiary alicyclic amines) is 1. The number of pyridine rings is 1. The Balaban J connectivity index is 1.51. The second-order valence-electron chi connectivity index (χ2n) is 10.9. The molecule has 3 heterocycles. The monoisotopic (exact) mass is 462 g/mol. The highest BCUT2D eigenvalue weighted by Gasteiger charge is 2.55. The Morgan fingerprint density at radius 3 is 2.41 bits per heavy atom. The Morgan fingerprint density at radius 2 is 1.82 bits per heavy atom. The molecule has 5 rings (SSSR count). The maximum atomic E-state index is 12.4. The zero-order chi connectivity index (χ0) is 24.1. The van der Waals surface area contributed by atoms with E-state index >= 15 is 0 Å². The molecule has 0 bridgehead atoms. The summed E-state index contributed by atoms with van der Waals surface area (Å²) in [6, 6.07) is 10.2. The van der Waals surface area contributed by atoms with Gasteiger partial charge < -0.3 is 19.6 Å². The lowest BCUT2D eigenvalue weighted by molar-refractivity contribution is -0.127. The molecule has 34 heavy (non-hydrogen) atoms. The minimum atomic E-state index is -1.23. The van der Waals surface area contributed by atoms with Crippen LogP contribution in [0, 0.1) is 5.41 Å². The van der Waals surface area contributed by atoms with E-state index < -0.39 is 11.2 Å². The quantitative estimate of drug-likeness (QED) is 0.550. The Morgan fingerprint density at radius 1 is 1.12 bits per heavy atom. The van der Waals surface area contributed by atoms with E-state index in [2.05, 4.69) is 60.0 Å². The lowest BCUT2D eigenvalue weighted by Crippen LogP contribution is -2.63. The van der Waals surface area contributed by atoms with Crippen LogP contribution >= 0.6 is 0 Å². The maximum Gasteiger partial charge on any atom is 0.229 e. The van der Waals surface area contributed by atoms with Gasteiger partial charge in [-0.2, -0.15) is 4.98 Å². The van der Waals surface area contributed by atoms with Gasteiger partial charge in [-0.25, -0.2) is 0 Å². The number of benzene rings is 1. The van der Waals surface area contributed by atoms with Gasteiger partial charge in [0.15, 0.2) is 0 Å². The van der Waals surface area contributed by atoms with Crippen LogP contribution in [0.4, 0.5) is 0 Å². The molecular weight excluding hydrogens is 428 g/mol. The number of aromatic nitrogens is 3. The Labute approximate surface area is 200 Å². The van der Waals surface area contributed by atoms with Crippen molar-refractivity contribution in [1.82, 2.24) is 20.0 Å². The fourth-order valence-corrected chi connectivity index (χ4v) is 5.59. The molecule has 2 N–H and O–H groups in total. The Bertz CT molecular complexity index is 1160. The van der Waals surface area contributed by atoms with Crippen LogP contribution < -0.4 is 0 Å². The molecule has 0 spiro atoms. The van der Waals surface area contributed by atoms with Crippen molar-refractivity contribution in [3.63, 3.8) is 0 Å². The van der Waals surface area contributed by atoms with E-state index in [1.807, 2.05) is 18.2 Å². The molecule has 0 unspecified atom stereocenters. The molecule has 2 fully saturated rings. The van der Waals surface area contributed by atoms with E-state index in [-0.39, 0.29) is 5.41 Å². The van der Waals surface area contributed by atoms with Gasteiger partial charge in [0, 0.05) is 42.0 Å². The molecule has 1 aliphatic carbocycles. The molecule has 1 aliphatic heterocycles. The lowest BCUT2D eigenvalue weighted by Gasteiger charge is -2.55. The van der Waals surface area contributed by atoms with Gasteiger partial charge in [0.25, 0.3) is 0 Å². The van der Waals surface area contributed by atoms with Crippen molar-refractivity contribution in [1.29, 1.82) is 0 Å². The molecule has 0 radical (unpaired) electrons. The van der Waals surface area contributed by atoms with Crippen LogP contribution in [-0.4, -0.2) is 56.0 Å². The molecule has 7 nitrogen and oxygen atoms in total. The number of hydrogen-bond acceptors (Lipinski definition) is 7. The van der Waals surface area contributed by atoms with Crippen molar-refractivity contribution in [2.24, 2.45) is 5.41 Å². The minimum Gasteiger partial charge on any atom is -0.389 e. The van der Waals surface area contributed by atoms with Crippen molar-refractivity contribution >= 4 is 0 Å². The molecule has 2 aliphatic rings. The molecular formula is C27H34N4O3. The second-order valence-corrected chi connectivity index (χ2v) is 10.9. The maximum absolute atomic E-state index is 12.4. The van der Waals surface area contributed by atoms with Gasteiger partial charge >= 0.3 is 0 Å². The van der Waals surface area contributed by atoms with Crippen molar-refractivity contribution in [3.8, 4) is 11.4 Å². The van der Waals surface area contributed by atoms with Crippen molar-refractivity contribution in [2.45, 2.75) is 63.6 Å². The van der Waals surface area contributed by atoms with E-state index in [4.69, 9.17) is 4.52 Å². The SMILES string of the molecule is CC(C)c1ccc([C@](O)(c2cncc(-c3noc(CC4(O)CCC4)n3)c2)C2(C)CN(C)C2)cc1. The highest BCUT2D eigenvalue weighted by atomic mass is 16.5. The average molecular weight is 463 g/mol. The first-order valence-corrected chi connectivity index (χ1v) is 12.1. The summed E-state index contributed by atoms with van der Waals surface area (Å²) in [6.07, 6.45) is 6.34. The van der Waals surface area contributed by atoms with E-state index in [0.717, 1.165) is 37.9 Å². The Hall–Kier alpha value is -2.61. The van der Waals surface area contributed by atoms with Crippen LogP contribution in [0.25, 0.3) is 11.4 Å². The average Bonchev–Trinajstić information content (AvgIpc) is 3.25. The van der Waals surface area contributed by atoms with E-state index in [9.17, 15) is 10.2 Å². The zero-order valence-corrected chi connectivity index (χ0v) is 20.5. The number of hydrogen-bond donors (Lipinski definition) is 2. The van der Waals surface area contributed by atoms with Gasteiger partial charge in [0.1, 0.15) is 5.60 Å². The summed E-state index contributed by atoms with van der Waals surface area (Å²) in [5, 5.41) is 27.0. The third-order valence-corrected chi connectivity index (χ3v) is 7.75. The predicted octanol–water partition coefficient (Wildman–Crippen LogP) is 3.90. The molecule has 1 saturated heterocycles. The van der Waals surface area contributed by atoms with Crippen molar-refractivity contribution in [2.75, 3.05) is 20.1 Å². The van der Waals surface area contributed by atoms with Gasteiger partial charge in [-0.3, -0.25) is 4.98 Å². The summed E-state index contributed by atoms with van der Waals surface area (Å²) in [5.41, 5.74) is 1.15. The third kappa shape index (κ3) is 3.85.